The summed E-state index contributed by atoms with van der Waals surface area (Å²) >= 11 is 0. The Bertz CT molecular complexity index is 836. The molecule has 0 aliphatic heterocycles. The van der Waals surface area contributed by atoms with Crippen LogP contribution >= 0.6 is 0 Å². The Morgan fingerprint density at radius 3 is 2.40 bits per heavy atom. The standard InChI is InChI=1S/C22H25N3/c1-16-21(14-23-22-13-20(22)19-11-7-4-8-12-19)17(2)25(24-16)15-18-9-5-3-6-10-18/h3-12,20,22-23H,13-15H2,1-2H3. The van der Waals surface area contributed by atoms with Crippen molar-refractivity contribution in [2.75, 3.05) is 0 Å². The van der Waals surface area contributed by atoms with Gasteiger partial charge in [0.1, 0.15) is 0 Å². The molecule has 3 nitrogen and oxygen atoms in total. The van der Waals surface area contributed by atoms with Crippen molar-refractivity contribution < 1.29 is 0 Å². The van der Waals surface area contributed by atoms with Crippen molar-refractivity contribution in [3.63, 3.8) is 0 Å². The number of aromatic nitrogens is 2. The molecular weight excluding hydrogens is 306 g/mol. The Morgan fingerprint density at radius 1 is 1.00 bits per heavy atom. The van der Waals surface area contributed by atoms with Gasteiger partial charge in [0.15, 0.2) is 0 Å². The summed E-state index contributed by atoms with van der Waals surface area (Å²) in [6.45, 7) is 6.04. The minimum atomic E-state index is 0.596. The van der Waals surface area contributed by atoms with Crippen molar-refractivity contribution in [3.05, 3.63) is 88.7 Å². The Hall–Kier alpha value is -2.39. The van der Waals surface area contributed by atoms with E-state index in [9.17, 15) is 0 Å². The summed E-state index contributed by atoms with van der Waals surface area (Å²) in [4.78, 5) is 0. The first-order valence-electron chi connectivity index (χ1n) is 9.07. The molecule has 2 atom stereocenters. The second kappa shape index (κ2) is 6.85. The lowest BCUT2D eigenvalue weighted by Crippen LogP contribution is -2.18. The van der Waals surface area contributed by atoms with Crippen LogP contribution in [0.1, 0.15) is 40.4 Å². The maximum absolute atomic E-state index is 4.76. The predicted octanol–water partition coefficient (Wildman–Crippen LogP) is 4.19. The number of benzene rings is 2. The van der Waals surface area contributed by atoms with E-state index in [2.05, 4.69) is 84.5 Å². The van der Waals surface area contributed by atoms with Crippen molar-refractivity contribution >= 4 is 0 Å². The first-order valence-corrected chi connectivity index (χ1v) is 9.07. The van der Waals surface area contributed by atoms with Crippen molar-refractivity contribution in [1.82, 2.24) is 15.1 Å². The van der Waals surface area contributed by atoms with Gasteiger partial charge in [0.05, 0.1) is 12.2 Å². The van der Waals surface area contributed by atoms with Gasteiger partial charge in [-0.15, -0.1) is 0 Å². The van der Waals surface area contributed by atoms with Gasteiger partial charge in [-0.05, 0) is 31.4 Å². The van der Waals surface area contributed by atoms with E-state index in [-0.39, 0.29) is 0 Å². The van der Waals surface area contributed by atoms with E-state index in [0.29, 0.717) is 12.0 Å². The van der Waals surface area contributed by atoms with Gasteiger partial charge in [0.2, 0.25) is 0 Å². The zero-order valence-corrected chi connectivity index (χ0v) is 14.9. The molecule has 0 radical (unpaired) electrons. The lowest BCUT2D eigenvalue weighted by molar-refractivity contribution is 0.649. The quantitative estimate of drug-likeness (QED) is 0.734. The molecule has 1 aliphatic rings. The van der Waals surface area contributed by atoms with E-state index < -0.39 is 0 Å². The minimum Gasteiger partial charge on any atom is -0.309 e. The first-order chi connectivity index (χ1) is 12.2. The molecule has 1 heterocycles. The number of hydrogen-bond acceptors (Lipinski definition) is 2. The van der Waals surface area contributed by atoms with Crippen LogP contribution in [0.15, 0.2) is 60.7 Å². The smallest absolute Gasteiger partial charge is 0.0662 e. The summed E-state index contributed by atoms with van der Waals surface area (Å²) in [5.41, 5.74) is 6.49. The molecule has 3 heteroatoms. The monoisotopic (exact) mass is 331 g/mol. The lowest BCUT2D eigenvalue weighted by Gasteiger charge is -2.07. The normalized spacial score (nSPS) is 19.1. The zero-order chi connectivity index (χ0) is 17.2. The molecule has 0 spiro atoms. The average molecular weight is 331 g/mol. The van der Waals surface area contributed by atoms with Crippen molar-refractivity contribution in [2.45, 2.75) is 45.3 Å². The van der Waals surface area contributed by atoms with Crippen LogP contribution < -0.4 is 5.32 Å². The van der Waals surface area contributed by atoms with E-state index in [4.69, 9.17) is 5.10 Å². The van der Waals surface area contributed by atoms with Gasteiger partial charge in [-0.2, -0.15) is 5.10 Å². The van der Waals surface area contributed by atoms with Gasteiger partial charge in [-0.3, -0.25) is 4.68 Å². The fraction of sp³-hybridized carbons (Fsp3) is 0.318. The highest BCUT2D eigenvalue weighted by Gasteiger charge is 2.37. The third kappa shape index (κ3) is 3.52. The Morgan fingerprint density at radius 2 is 1.68 bits per heavy atom. The Balaban J connectivity index is 1.40. The maximum Gasteiger partial charge on any atom is 0.0662 e. The Labute approximate surface area is 149 Å². The first kappa shape index (κ1) is 16.1. The molecule has 2 unspecified atom stereocenters. The van der Waals surface area contributed by atoms with E-state index in [0.717, 1.165) is 18.8 Å². The summed E-state index contributed by atoms with van der Waals surface area (Å²) in [5.74, 6) is 0.668. The lowest BCUT2D eigenvalue weighted by atomic mass is 10.1. The van der Waals surface area contributed by atoms with Crippen LogP contribution in [0.2, 0.25) is 0 Å². The molecule has 0 amide bonds. The SMILES string of the molecule is Cc1nn(Cc2ccccc2)c(C)c1CNC1CC1c1ccccc1. The van der Waals surface area contributed by atoms with Crippen LogP contribution in [0.3, 0.4) is 0 Å². The van der Waals surface area contributed by atoms with Crippen LogP contribution in [0, 0.1) is 13.8 Å². The van der Waals surface area contributed by atoms with Crippen LogP contribution in [0.4, 0.5) is 0 Å². The highest BCUT2D eigenvalue weighted by molar-refractivity contribution is 5.29. The fourth-order valence-corrected chi connectivity index (χ4v) is 3.62. The molecule has 128 valence electrons. The molecule has 1 saturated carbocycles. The second-order valence-electron chi connectivity index (χ2n) is 7.03. The van der Waals surface area contributed by atoms with E-state index in [1.54, 1.807) is 0 Å². The average Bonchev–Trinajstić information content (AvgIpc) is 3.37. The second-order valence-corrected chi connectivity index (χ2v) is 7.03. The van der Waals surface area contributed by atoms with E-state index in [1.165, 1.54) is 28.8 Å². The highest BCUT2D eigenvalue weighted by Crippen LogP contribution is 2.40. The Kier molecular flexibility index (Phi) is 4.41. The number of nitrogens with one attached hydrogen (secondary N) is 1. The number of nitrogens with zero attached hydrogens (tertiary/aromatic N) is 2. The zero-order valence-electron chi connectivity index (χ0n) is 14.9. The molecule has 3 aromatic rings. The topological polar surface area (TPSA) is 29.9 Å². The summed E-state index contributed by atoms with van der Waals surface area (Å²) in [6, 6.07) is 22.0. The van der Waals surface area contributed by atoms with Crippen LogP contribution in [0.25, 0.3) is 0 Å². The van der Waals surface area contributed by atoms with Crippen LogP contribution in [0.5, 0.6) is 0 Å². The summed E-state index contributed by atoms with van der Waals surface area (Å²) in [5, 5.41) is 8.48. The van der Waals surface area contributed by atoms with Crippen LogP contribution in [-0.2, 0) is 13.1 Å². The summed E-state index contributed by atoms with van der Waals surface area (Å²) < 4.78 is 2.13. The van der Waals surface area contributed by atoms with Gasteiger partial charge < -0.3 is 5.32 Å². The molecule has 1 aliphatic carbocycles. The molecule has 25 heavy (non-hydrogen) atoms. The van der Waals surface area contributed by atoms with Gasteiger partial charge in [0.25, 0.3) is 0 Å². The molecule has 4 rings (SSSR count). The maximum atomic E-state index is 4.76. The van der Waals surface area contributed by atoms with Crippen molar-refractivity contribution in [2.24, 2.45) is 0 Å². The van der Waals surface area contributed by atoms with Crippen molar-refractivity contribution in [1.29, 1.82) is 0 Å². The molecule has 1 aromatic heterocycles. The van der Waals surface area contributed by atoms with E-state index in [1.807, 2.05) is 0 Å². The number of aryl methyl sites for hydroxylation is 1. The third-order valence-corrected chi connectivity index (χ3v) is 5.27. The largest absolute Gasteiger partial charge is 0.309 e. The van der Waals surface area contributed by atoms with E-state index >= 15 is 0 Å². The van der Waals surface area contributed by atoms with Gasteiger partial charge in [-0.1, -0.05) is 60.7 Å². The minimum absolute atomic E-state index is 0.596. The fourth-order valence-electron chi connectivity index (χ4n) is 3.62. The molecule has 1 fully saturated rings. The van der Waals surface area contributed by atoms with Crippen molar-refractivity contribution in [3.8, 4) is 0 Å². The van der Waals surface area contributed by atoms with Gasteiger partial charge >= 0.3 is 0 Å². The summed E-state index contributed by atoms with van der Waals surface area (Å²) in [7, 11) is 0. The third-order valence-electron chi connectivity index (χ3n) is 5.27. The molecule has 0 saturated heterocycles. The molecule has 2 aromatic carbocycles. The van der Waals surface area contributed by atoms with Gasteiger partial charge in [-0.25, -0.2) is 0 Å². The molecular formula is C22H25N3. The van der Waals surface area contributed by atoms with Gasteiger partial charge in [0, 0.05) is 29.8 Å². The number of hydrogen-bond donors (Lipinski definition) is 1. The highest BCUT2D eigenvalue weighted by atomic mass is 15.3. The predicted molar refractivity (Wildman–Crippen MR) is 102 cm³/mol. The van der Waals surface area contributed by atoms with Crippen LogP contribution in [-0.4, -0.2) is 15.8 Å². The molecule has 0 bridgehead atoms. The number of rotatable bonds is 6. The molecule has 1 N–H and O–H groups in total. The summed E-state index contributed by atoms with van der Waals surface area (Å²) in [6.07, 6.45) is 1.24.